The van der Waals surface area contributed by atoms with Gasteiger partial charge >= 0.3 is 0 Å². The van der Waals surface area contributed by atoms with Crippen molar-refractivity contribution in [1.29, 1.82) is 0 Å². The van der Waals surface area contributed by atoms with Gasteiger partial charge in [0.25, 0.3) is 0 Å². The standard InChI is InChI=1S/C25H29N5OS/c1-3-28-12-11-20-21(17-28)32-25-23(20)24(26-18(2)27-25)30-15-13-29(14-16-30)22(31)10-9-19-7-5-4-6-8-19/h4-10H,3,11-17H2,1-2H3/b10-9+. The maximum atomic E-state index is 12.7. The Morgan fingerprint density at radius 1 is 1.09 bits per heavy atom. The molecule has 7 heteroatoms. The van der Waals surface area contributed by atoms with Gasteiger partial charge in [-0.1, -0.05) is 37.3 Å². The first-order valence-corrected chi connectivity index (χ1v) is 12.2. The minimum absolute atomic E-state index is 0.0742. The van der Waals surface area contributed by atoms with Gasteiger partial charge in [0, 0.05) is 50.2 Å². The van der Waals surface area contributed by atoms with Gasteiger partial charge in [-0.05, 0) is 37.1 Å². The second-order valence-corrected chi connectivity index (χ2v) is 9.54. The van der Waals surface area contributed by atoms with Crippen molar-refractivity contribution in [3.05, 3.63) is 58.2 Å². The van der Waals surface area contributed by atoms with Crippen LogP contribution in [0.1, 0.15) is 28.8 Å². The second-order valence-electron chi connectivity index (χ2n) is 8.45. The summed E-state index contributed by atoms with van der Waals surface area (Å²) in [6.45, 7) is 10.4. The van der Waals surface area contributed by atoms with Crippen LogP contribution in [0.4, 0.5) is 5.82 Å². The number of anilines is 1. The molecule has 2 aromatic heterocycles. The number of benzene rings is 1. The van der Waals surface area contributed by atoms with Gasteiger partial charge in [0.15, 0.2) is 0 Å². The highest BCUT2D eigenvalue weighted by Crippen LogP contribution is 2.39. The van der Waals surface area contributed by atoms with Crippen molar-refractivity contribution in [1.82, 2.24) is 19.8 Å². The molecule has 1 amide bonds. The topological polar surface area (TPSA) is 52.6 Å². The number of rotatable bonds is 4. The van der Waals surface area contributed by atoms with Crippen LogP contribution in [0.3, 0.4) is 0 Å². The molecule has 0 bridgehead atoms. The Morgan fingerprint density at radius 2 is 1.88 bits per heavy atom. The quantitative estimate of drug-likeness (QED) is 0.571. The molecule has 3 aromatic rings. The predicted octanol–water partition coefficient (Wildman–Crippen LogP) is 3.74. The van der Waals surface area contributed by atoms with Crippen LogP contribution in [-0.2, 0) is 17.8 Å². The summed E-state index contributed by atoms with van der Waals surface area (Å²) >= 11 is 1.83. The maximum Gasteiger partial charge on any atom is 0.246 e. The summed E-state index contributed by atoms with van der Waals surface area (Å²) in [7, 11) is 0. The lowest BCUT2D eigenvalue weighted by Crippen LogP contribution is -2.48. The highest BCUT2D eigenvalue weighted by molar-refractivity contribution is 7.19. The van der Waals surface area contributed by atoms with E-state index in [1.54, 1.807) is 6.08 Å². The van der Waals surface area contributed by atoms with E-state index in [9.17, 15) is 4.79 Å². The number of amides is 1. The molecule has 1 fully saturated rings. The normalized spacial score (nSPS) is 17.3. The summed E-state index contributed by atoms with van der Waals surface area (Å²) in [4.78, 5) is 31.7. The number of hydrogen-bond donors (Lipinski definition) is 0. The van der Waals surface area contributed by atoms with Crippen molar-refractivity contribution in [2.75, 3.05) is 44.2 Å². The molecule has 166 valence electrons. The van der Waals surface area contributed by atoms with Gasteiger partial charge < -0.3 is 9.80 Å². The number of hydrogen-bond acceptors (Lipinski definition) is 6. The van der Waals surface area contributed by atoms with E-state index in [0.717, 1.165) is 61.2 Å². The molecule has 0 aliphatic carbocycles. The monoisotopic (exact) mass is 447 g/mol. The van der Waals surface area contributed by atoms with Crippen molar-refractivity contribution < 1.29 is 4.79 Å². The van der Waals surface area contributed by atoms with Gasteiger partial charge in [-0.25, -0.2) is 9.97 Å². The fourth-order valence-electron chi connectivity index (χ4n) is 4.61. The number of aryl methyl sites for hydroxylation is 1. The molecular weight excluding hydrogens is 418 g/mol. The minimum Gasteiger partial charge on any atom is -0.352 e. The summed E-state index contributed by atoms with van der Waals surface area (Å²) < 4.78 is 0. The number of piperazine rings is 1. The van der Waals surface area contributed by atoms with Crippen molar-refractivity contribution >= 4 is 39.4 Å². The lowest BCUT2D eigenvalue weighted by Gasteiger charge is -2.35. The van der Waals surface area contributed by atoms with Crippen molar-refractivity contribution in [2.45, 2.75) is 26.8 Å². The molecule has 0 spiro atoms. The maximum absolute atomic E-state index is 12.7. The fourth-order valence-corrected chi connectivity index (χ4v) is 5.91. The smallest absolute Gasteiger partial charge is 0.246 e. The van der Waals surface area contributed by atoms with Crippen molar-refractivity contribution in [3.63, 3.8) is 0 Å². The number of carbonyl (C=O) groups excluding carboxylic acids is 1. The van der Waals surface area contributed by atoms with E-state index in [1.807, 2.05) is 59.6 Å². The number of fused-ring (bicyclic) bond motifs is 3. The SMILES string of the molecule is CCN1CCc2c(sc3nc(C)nc(N4CCN(C(=O)/C=C/c5ccccc5)CC4)c23)C1. The molecule has 1 aromatic carbocycles. The molecule has 2 aliphatic rings. The van der Waals surface area contributed by atoms with Crippen LogP contribution in [0.25, 0.3) is 16.3 Å². The van der Waals surface area contributed by atoms with E-state index in [2.05, 4.69) is 16.7 Å². The van der Waals surface area contributed by atoms with Gasteiger partial charge in [0.05, 0.1) is 5.39 Å². The van der Waals surface area contributed by atoms with E-state index in [-0.39, 0.29) is 5.91 Å². The molecule has 0 atom stereocenters. The van der Waals surface area contributed by atoms with Gasteiger partial charge in [-0.15, -0.1) is 11.3 Å². The molecule has 0 saturated carbocycles. The first kappa shape index (κ1) is 21.1. The van der Waals surface area contributed by atoms with E-state index in [4.69, 9.17) is 9.97 Å². The highest BCUT2D eigenvalue weighted by atomic mass is 32.1. The molecule has 4 heterocycles. The summed E-state index contributed by atoms with van der Waals surface area (Å²) in [5.74, 6) is 1.95. The molecule has 0 radical (unpaired) electrons. The van der Waals surface area contributed by atoms with Gasteiger partial charge in [-0.2, -0.15) is 0 Å². The first-order valence-electron chi connectivity index (χ1n) is 11.4. The third-order valence-corrected chi connectivity index (χ3v) is 7.54. The van der Waals surface area contributed by atoms with Gasteiger partial charge in [0.2, 0.25) is 5.91 Å². The summed E-state index contributed by atoms with van der Waals surface area (Å²) in [5.41, 5.74) is 2.48. The number of carbonyl (C=O) groups is 1. The zero-order valence-corrected chi connectivity index (χ0v) is 19.6. The van der Waals surface area contributed by atoms with Gasteiger partial charge in [-0.3, -0.25) is 9.69 Å². The Balaban J connectivity index is 1.33. The Hall–Kier alpha value is -2.77. The summed E-state index contributed by atoms with van der Waals surface area (Å²) in [6.07, 6.45) is 4.64. The van der Waals surface area contributed by atoms with Crippen LogP contribution in [0.15, 0.2) is 36.4 Å². The van der Waals surface area contributed by atoms with Crippen molar-refractivity contribution in [3.8, 4) is 0 Å². The molecular formula is C25H29N5OS. The zero-order chi connectivity index (χ0) is 22.1. The van der Waals surface area contributed by atoms with Crippen LogP contribution in [0.2, 0.25) is 0 Å². The second kappa shape index (κ2) is 9.00. The number of nitrogens with zero attached hydrogens (tertiary/aromatic N) is 5. The number of aromatic nitrogens is 2. The Bertz CT molecular complexity index is 1150. The largest absolute Gasteiger partial charge is 0.352 e. The molecule has 6 nitrogen and oxygen atoms in total. The van der Waals surface area contributed by atoms with Gasteiger partial charge in [0.1, 0.15) is 16.5 Å². The molecule has 1 saturated heterocycles. The van der Waals surface area contributed by atoms with Crippen LogP contribution in [0.5, 0.6) is 0 Å². The first-order chi connectivity index (χ1) is 15.6. The summed E-state index contributed by atoms with van der Waals surface area (Å²) in [6, 6.07) is 9.96. The Morgan fingerprint density at radius 3 is 2.62 bits per heavy atom. The third kappa shape index (κ3) is 4.14. The zero-order valence-electron chi connectivity index (χ0n) is 18.8. The minimum atomic E-state index is 0.0742. The lowest BCUT2D eigenvalue weighted by atomic mass is 10.0. The molecule has 2 aliphatic heterocycles. The van der Waals surface area contributed by atoms with E-state index < -0.39 is 0 Å². The van der Waals surface area contributed by atoms with Crippen LogP contribution in [-0.4, -0.2) is 64.9 Å². The van der Waals surface area contributed by atoms with Crippen molar-refractivity contribution in [2.24, 2.45) is 0 Å². The molecule has 0 N–H and O–H groups in total. The molecule has 32 heavy (non-hydrogen) atoms. The fraction of sp³-hybridized carbons (Fsp3) is 0.400. The summed E-state index contributed by atoms with van der Waals surface area (Å²) in [5, 5.41) is 1.25. The van der Waals surface area contributed by atoms with Crippen LogP contribution >= 0.6 is 11.3 Å². The molecule has 0 unspecified atom stereocenters. The van der Waals surface area contributed by atoms with Crippen LogP contribution < -0.4 is 4.90 Å². The predicted molar refractivity (Wildman–Crippen MR) is 131 cm³/mol. The van der Waals surface area contributed by atoms with E-state index in [1.165, 1.54) is 15.8 Å². The molecule has 5 rings (SSSR count). The Labute approximate surface area is 193 Å². The number of thiophene rings is 1. The van der Waals surface area contributed by atoms with E-state index in [0.29, 0.717) is 13.1 Å². The Kier molecular flexibility index (Phi) is 5.93. The average molecular weight is 448 g/mol. The average Bonchev–Trinajstić information content (AvgIpc) is 3.20. The highest BCUT2D eigenvalue weighted by Gasteiger charge is 2.27. The third-order valence-electron chi connectivity index (χ3n) is 6.43. The number of likely N-dealkylation sites (N-methyl/N-ethyl adjacent to an activating group) is 1. The lowest BCUT2D eigenvalue weighted by molar-refractivity contribution is -0.126. The van der Waals surface area contributed by atoms with Crippen LogP contribution in [0, 0.1) is 6.92 Å². The van der Waals surface area contributed by atoms with E-state index >= 15 is 0 Å².